The Morgan fingerprint density at radius 3 is 1.56 bits per heavy atom. The van der Waals surface area contributed by atoms with E-state index in [2.05, 4.69) is 181 Å². The van der Waals surface area contributed by atoms with Gasteiger partial charge in [-0.25, -0.2) is 0 Å². The molecule has 0 fully saturated rings. The second-order valence-electron chi connectivity index (χ2n) is 15.7. The third-order valence-electron chi connectivity index (χ3n) is 10.6. The molecule has 50 heavy (non-hydrogen) atoms. The quantitative estimate of drug-likeness (QED) is 0.182. The van der Waals surface area contributed by atoms with Crippen LogP contribution in [-0.2, 0) is 32.1 Å². The van der Waals surface area contributed by atoms with E-state index in [1.54, 1.807) is 12.1 Å². The molecule has 0 spiro atoms. The van der Waals surface area contributed by atoms with Crippen molar-refractivity contribution in [2.75, 3.05) is 0 Å². The maximum atomic E-state index is 2.49. The van der Waals surface area contributed by atoms with Gasteiger partial charge < -0.3 is 24.8 Å². The van der Waals surface area contributed by atoms with Crippen LogP contribution in [-0.4, -0.2) is 3.21 Å². The van der Waals surface area contributed by atoms with Crippen molar-refractivity contribution in [2.24, 2.45) is 0 Å². The van der Waals surface area contributed by atoms with Crippen molar-refractivity contribution in [2.45, 2.75) is 62.4 Å². The number of benzene rings is 6. The SMILES string of the molecule is CC(C)(C)c1ccc([C](c2ccc(C(C)(C)C)cc2)=[Zr+2]([C]2=CC=CC2)[CH]2c3ccccc3-c3c2c2ccccc2c2ccccc32)cc1.[Cl-].[Cl-]. The summed E-state index contributed by atoms with van der Waals surface area (Å²) in [4.78, 5) is 0. The van der Waals surface area contributed by atoms with Crippen LogP contribution in [0.1, 0.15) is 85.0 Å². The molecule has 1 unspecified atom stereocenters. The summed E-state index contributed by atoms with van der Waals surface area (Å²) in [5.41, 5.74) is 11.7. The van der Waals surface area contributed by atoms with Gasteiger partial charge in [0.25, 0.3) is 0 Å². The Hall–Kier alpha value is -3.35. The van der Waals surface area contributed by atoms with Crippen molar-refractivity contribution < 1.29 is 46.1 Å². The average molecular weight is 771 g/mol. The maximum absolute atomic E-state index is 2.85. The first-order chi connectivity index (χ1) is 23.1. The molecule has 0 radical (unpaired) electrons. The Labute approximate surface area is 318 Å². The fraction of sp³-hybridized carbons (Fsp3) is 0.213. The van der Waals surface area contributed by atoms with Crippen molar-refractivity contribution in [1.82, 2.24) is 0 Å². The van der Waals surface area contributed by atoms with Crippen molar-refractivity contribution in [3.63, 3.8) is 0 Å². The zero-order valence-corrected chi connectivity index (χ0v) is 33.8. The van der Waals surface area contributed by atoms with E-state index < -0.39 is 21.3 Å². The molecule has 3 heteroatoms. The molecule has 6 aromatic rings. The van der Waals surface area contributed by atoms with Crippen LogP contribution < -0.4 is 24.8 Å². The van der Waals surface area contributed by atoms with E-state index in [4.69, 9.17) is 0 Å². The van der Waals surface area contributed by atoms with Gasteiger partial charge in [0.2, 0.25) is 0 Å². The molecule has 0 bridgehead atoms. The molecular formula is C47H44Cl2Zr. The van der Waals surface area contributed by atoms with Crippen molar-refractivity contribution in [3.8, 4) is 11.1 Å². The molecule has 0 amide bonds. The minimum Gasteiger partial charge on any atom is -1.00 e. The summed E-state index contributed by atoms with van der Waals surface area (Å²) in [6, 6.07) is 47.0. The average Bonchev–Trinajstić information content (AvgIpc) is 3.74. The van der Waals surface area contributed by atoms with Crippen LogP contribution in [0, 0.1) is 0 Å². The predicted molar refractivity (Wildman–Crippen MR) is 204 cm³/mol. The summed E-state index contributed by atoms with van der Waals surface area (Å²) in [7, 11) is 0. The number of halogens is 2. The van der Waals surface area contributed by atoms with E-state index in [-0.39, 0.29) is 35.6 Å². The van der Waals surface area contributed by atoms with Crippen LogP contribution in [0.2, 0.25) is 0 Å². The van der Waals surface area contributed by atoms with Crippen LogP contribution in [0.15, 0.2) is 143 Å². The normalized spacial score (nSPS) is 14.7. The first-order valence-electron chi connectivity index (χ1n) is 17.5. The smallest absolute Gasteiger partial charge is 1.00 e. The van der Waals surface area contributed by atoms with Crippen molar-refractivity contribution >= 4 is 24.8 Å². The van der Waals surface area contributed by atoms with E-state index in [1.165, 1.54) is 60.5 Å². The first kappa shape index (κ1) is 36.4. The summed E-state index contributed by atoms with van der Waals surface area (Å²) in [6.07, 6.45) is 8.25. The van der Waals surface area contributed by atoms with Crippen LogP contribution in [0.3, 0.4) is 0 Å². The molecule has 1 atom stereocenters. The van der Waals surface area contributed by atoms with Crippen LogP contribution >= 0.6 is 0 Å². The summed E-state index contributed by atoms with van der Waals surface area (Å²) in [5, 5.41) is 5.53. The maximum Gasteiger partial charge on any atom is -1.00 e. The molecule has 0 heterocycles. The van der Waals surface area contributed by atoms with Gasteiger partial charge in [-0.15, -0.1) is 0 Å². The fourth-order valence-corrected chi connectivity index (χ4v) is 17.2. The van der Waals surface area contributed by atoms with Gasteiger partial charge in [-0.1, -0.05) is 0 Å². The molecule has 0 saturated heterocycles. The minimum absolute atomic E-state index is 0. The monoisotopic (exact) mass is 768 g/mol. The van der Waals surface area contributed by atoms with Crippen LogP contribution in [0.25, 0.3) is 32.7 Å². The van der Waals surface area contributed by atoms with Crippen molar-refractivity contribution in [3.05, 3.63) is 176 Å². The van der Waals surface area contributed by atoms with E-state index in [9.17, 15) is 0 Å². The third kappa shape index (κ3) is 6.25. The fourth-order valence-electron chi connectivity index (χ4n) is 8.08. The zero-order chi connectivity index (χ0) is 33.2. The number of fused-ring (bicyclic) bond motifs is 8. The van der Waals surface area contributed by atoms with E-state index in [0.717, 1.165) is 6.42 Å². The Kier molecular flexibility index (Phi) is 10.2. The summed E-state index contributed by atoms with van der Waals surface area (Å²) < 4.78 is 3.65. The molecule has 0 saturated carbocycles. The summed E-state index contributed by atoms with van der Waals surface area (Å²) in [6.45, 7) is 13.9. The molecule has 0 aliphatic heterocycles. The van der Waals surface area contributed by atoms with Crippen molar-refractivity contribution in [1.29, 1.82) is 0 Å². The second-order valence-corrected chi connectivity index (χ2v) is 21.9. The molecular weight excluding hydrogens is 727 g/mol. The summed E-state index contributed by atoms with van der Waals surface area (Å²) >= 11 is -2.85. The third-order valence-corrected chi connectivity index (χ3v) is 18.8. The molecule has 2 aliphatic rings. The number of hydrogen-bond acceptors (Lipinski definition) is 0. The Morgan fingerprint density at radius 1 is 0.560 bits per heavy atom. The van der Waals surface area contributed by atoms with Crippen LogP contribution in [0.4, 0.5) is 0 Å². The van der Waals surface area contributed by atoms with Gasteiger partial charge in [0.05, 0.1) is 0 Å². The van der Waals surface area contributed by atoms with Gasteiger partial charge in [-0.05, 0) is 0 Å². The second kappa shape index (κ2) is 14.0. The van der Waals surface area contributed by atoms with Gasteiger partial charge >= 0.3 is 296 Å². The molecule has 2 aliphatic carbocycles. The molecule has 0 aromatic heterocycles. The first-order valence-corrected chi connectivity index (χ1v) is 21.3. The number of hydrogen-bond donors (Lipinski definition) is 0. The Morgan fingerprint density at radius 2 is 1.04 bits per heavy atom. The zero-order valence-electron chi connectivity index (χ0n) is 29.8. The largest absolute Gasteiger partial charge is 1.00 e. The van der Waals surface area contributed by atoms with Crippen LogP contribution in [0.5, 0.6) is 0 Å². The van der Waals surface area contributed by atoms with Gasteiger partial charge in [0.1, 0.15) is 0 Å². The molecule has 0 nitrogen and oxygen atoms in total. The molecule has 6 aromatic carbocycles. The van der Waals surface area contributed by atoms with E-state index >= 15 is 0 Å². The van der Waals surface area contributed by atoms with E-state index in [1.807, 2.05) is 0 Å². The topological polar surface area (TPSA) is 0 Å². The molecule has 250 valence electrons. The van der Waals surface area contributed by atoms with Gasteiger partial charge in [-0.2, -0.15) is 0 Å². The standard InChI is InChI=1S/C21H13.C21H26.C5H5.2ClH.Zr/c1-2-8-15-14(7-1)13-20-18-11-4-3-9-16(18)17-10-5-6-12-19(17)21(15)20;1-20(2,3)18-11-7-16(8-12-18)15-17-9-13-19(14-10-17)21(4,5)6;1-2-4-5-3-1;;;/h1-13H;7-14H,1-6H3;1-3H,4H2;2*1H;/q;;;;;+2/p-2. The van der Waals surface area contributed by atoms with Gasteiger partial charge in [0, 0.05) is 0 Å². The Balaban J connectivity index is 0.00000216. The summed E-state index contributed by atoms with van der Waals surface area (Å²) in [5.74, 6) is 0. The van der Waals surface area contributed by atoms with E-state index in [0.29, 0.717) is 3.63 Å². The van der Waals surface area contributed by atoms with Gasteiger partial charge in [0.15, 0.2) is 0 Å². The minimum atomic E-state index is -2.85. The number of rotatable bonds is 4. The predicted octanol–water partition coefficient (Wildman–Crippen LogP) is 6.40. The molecule has 0 N–H and O–H groups in total. The number of allylic oxidation sites excluding steroid dienone is 4. The Bertz CT molecular complexity index is 2250. The molecule has 8 rings (SSSR count). The van der Waals surface area contributed by atoms with Gasteiger partial charge in [-0.3, -0.25) is 0 Å².